The second-order valence-corrected chi connectivity index (χ2v) is 13.1. The molecular formula is C33H40O20. The van der Waals surface area contributed by atoms with Gasteiger partial charge in [-0.15, -0.1) is 0 Å². The van der Waals surface area contributed by atoms with Gasteiger partial charge in [-0.1, -0.05) is 0 Å². The highest BCUT2D eigenvalue weighted by Crippen LogP contribution is 2.40. The van der Waals surface area contributed by atoms with Crippen molar-refractivity contribution < 1.29 is 94.1 Å². The van der Waals surface area contributed by atoms with Crippen LogP contribution in [0.15, 0.2) is 39.5 Å². The van der Waals surface area contributed by atoms with Gasteiger partial charge in [-0.3, -0.25) is 4.79 Å². The average molecular weight is 757 g/mol. The fourth-order valence-corrected chi connectivity index (χ4v) is 6.25. The number of hydrogen-bond donors (Lipinski definition) is 12. The van der Waals surface area contributed by atoms with Gasteiger partial charge < -0.3 is 94.1 Å². The molecule has 3 saturated heterocycles. The molecule has 6 rings (SSSR count). The van der Waals surface area contributed by atoms with E-state index in [1.807, 2.05) is 0 Å². The molecule has 4 heterocycles. The third-order valence-electron chi connectivity index (χ3n) is 9.37. The molecule has 2 aromatic carbocycles. The van der Waals surface area contributed by atoms with E-state index < -0.39 is 144 Å². The Labute approximate surface area is 298 Å². The zero-order valence-corrected chi connectivity index (χ0v) is 27.9. The Balaban J connectivity index is 1.40. The van der Waals surface area contributed by atoms with Crippen molar-refractivity contribution in [2.45, 2.75) is 106 Å². The molecule has 20 heteroatoms. The van der Waals surface area contributed by atoms with Crippen molar-refractivity contribution in [3.63, 3.8) is 0 Å². The molecule has 0 aliphatic carbocycles. The van der Waals surface area contributed by atoms with Gasteiger partial charge in [0.2, 0.25) is 17.5 Å². The predicted octanol–water partition coefficient (Wildman–Crippen LogP) is -2.84. The summed E-state index contributed by atoms with van der Waals surface area (Å²) in [7, 11) is 0. The molecule has 15 atom stereocenters. The van der Waals surface area contributed by atoms with Crippen LogP contribution in [0.2, 0.25) is 0 Å². The standard InChI is InChI=1S/C33H40O20/c1-9-19(38)23(42)26(45)31(48-9)47-8-17-21(40)25(44)30(53-32-27(46)24(43)20(39)10(2)49-32)33(51-17)52-29-22(41)18-15(37)6-12(34)7-16(18)50-28(29)11-3-4-13(35)14(36)5-11/h3-7,9-10,17,19-21,23-27,30-40,42-46H,8H2,1-2H3/t9?,10?,17?,19-,20-,21+,23-,24?,25?,26?,27-,30?,31+,32-,33-/m0/s1. The van der Waals surface area contributed by atoms with E-state index in [-0.39, 0.29) is 11.1 Å². The lowest BCUT2D eigenvalue weighted by atomic mass is 9.97. The van der Waals surface area contributed by atoms with Crippen LogP contribution in [-0.4, -0.2) is 160 Å². The number of aliphatic hydroxyl groups is 8. The molecule has 53 heavy (non-hydrogen) atoms. The first-order valence-corrected chi connectivity index (χ1v) is 16.4. The second-order valence-electron chi connectivity index (χ2n) is 13.1. The lowest BCUT2D eigenvalue weighted by Gasteiger charge is -2.46. The van der Waals surface area contributed by atoms with Crippen LogP contribution < -0.4 is 10.2 Å². The fourth-order valence-electron chi connectivity index (χ4n) is 6.25. The van der Waals surface area contributed by atoms with Crippen LogP contribution in [0.4, 0.5) is 0 Å². The second kappa shape index (κ2) is 15.1. The summed E-state index contributed by atoms with van der Waals surface area (Å²) in [6.07, 6.45) is -25.1. The molecule has 292 valence electrons. The number of phenols is 4. The van der Waals surface area contributed by atoms with E-state index in [9.17, 15) is 66.1 Å². The van der Waals surface area contributed by atoms with Crippen LogP contribution in [0.1, 0.15) is 13.8 Å². The Kier molecular flexibility index (Phi) is 11.1. The van der Waals surface area contributed by atoms with Crippen LogP contribution in [0.5, 0.6) is 28.7 Å². The van der Waals surface area contributed by atoms with Gasteiger partial charge >= 0.3 is 0 Å². The first-order chi connectivity index (χ1) is 25.0. The monoisotopic (exact) mass is 756 g/mol. The van der Waals surface area contributed by atoms with E-state index in [2.05, 4.69) is 0 Å². The van der Waals surface area contributed by atoms with Crippen LogP contribution in [0.3, 0.4) is 0 Å². The number of phenolic OH excluding ortho intramolecular Hbond substituents is 4. The van der Waals surface area contributed by atoms with Gasteiger partial charge in [0.05, 0.1) is 18.8 Å². The van der Waals surface area contributed by atoms with Gasteiger partial charge in [-0.05, 0) is 32.0 Å². The summed E-state index contributed by atoms with van der Waals surface area (Å²) in [5, 5.41) is 125. The third-order valence-corrected chi connectivity index (χ3v) is 9.37. The number of fused-ring (bicyclic) bond motifs is 1. The maximum Gasteiger partial charge on any atom is 0.239 e. The Morgan fingerprint density at radius 2 is 1.26 bits per heavy atom. The Bertz CT molecular complexity index is 1830. The molecule has 12 N–H and O–H groups in total. The van der Waals surface area contributed by atoms with E-state index in [4.69, 9.17) is 32.8 Å². The van der Waals surface area contributed by atoms with E-state index in [1.54, 1.807) is 0 Å². The van der Waals surface area contributed by atoms with Crippen LogP contribution in [0, 0.1) is 0 Å². The van der Waals surface area contributed by atoms with Crippen LogP contribution in [0.25, 0.3) is 22.3 Å². The third kappa shape index (κ3) is 7.34. The summed E-state index contributed by atoms with van der Waals surface area (Å²) in [5.74, 6) is -3.68. The minimum atomic E-state index is -2.04. The molecule has 0 bridgehead atoms. The van der Waals surface area contributed by atoms with Crippen molar-refractivity contribution in [2.24, 2.45) is 0 Å². The minimum absolute atomic E-state index is 0.0962. The minimum Gasteiger partial charge on any atom is -0.508 e. The van der Waals surface area contributed by atoms with E-state index in [0.717, 1.165) is 24.3 Å². The first-order valence-electron chi connectivity index (χ1n) is 16.4. The molecule has 20 nitrogen and oxygen atoms in total. The van der Waals surface area contributed by atoms with Crippen molar-refractivity contribution >= 4 is 11.0 Å². The summed E-state index contributed by atoms with van der Waals surface area (Å²) in [5.41, 5.74) is -1.54. The predicted molar refractivity (Wildman–Crippen MR) is 171 cm³/mol. The SMILES string of the molecule is CC1O[C@@H](OC2C(O)[C@H](O)C(CO[C@@H]3OC(C)[C@H](O)[C@H](O)C3O)O[C@H]2Oc2c(-c3ccc(O)c(O)c3)oc3cc(O)cc(O)c3c2=O)[C@@H](O)C(O)[C@H]1O. The molecule has 1 aromatic heterocycles. The number of rotatable bonds is 8. The first kappa shape index (κ1) is 38.8. The number of aromatic hydroxyl groups is 4. The summed E-state index contributed by atoms with van der Waals surface area (Å²) in [4.78, 5) is 14.0. The normalized spacial score (nSPS) is 37.8. The van der Waals surface area contributed by atoms with E-state index in [1.165, 1.54) is 19.9 Å². The topological polar surface area (TPSA) is 328 Å². The molecule has 3 fully saturated rings. The van der Waals surface area contributed by atoms with Gasteiger partial charge in [-0.25, -0.2) is 0 Å². The van der Waals surface area contributed by atoms with Crippen molar-refractivity contribution in [1.29, 1.82) is 0 Å². The number of hydrogen-bond acceptors (Lipinski definition) is 20. The molecule has 0 saturated carbocycles. The molecule has 3 aliphatic rings. The molecule has 0 amide bonds. The summed E-state index contributed by atoms with van der Waals surface area (Å²) < 4.78 is 40.1. The van der Waals surface area contributed by atoms with Gasteiger partial charge in [0.25, 0.3) is 0 Å². The van der Waals surface area contributed by atoms with Crippen molar-refractivity contribution in [1.82, 2.24) is 0 Å². The Hall–Kier alpha value is -3.87. The van der Waals surface area contributed by atoms with Crippen LogP contribution >= 0.6 is 0 Å². The molecule has 3 aliphatic heterocycles. The van der Waals surface area contributed by atoms with Crippen molar-refractivity contribution in [2.75, 3.05) is 6.61 Å². The smallest absolute Gasteiger partial charge is 0.239 e. The van der Waals surface area contributed by atoms with Crippen molar-refractivity contribution in [3.8, 4) is 40.1 Å². The molecule has 0 spiro atoms. The van der Waals surface area contributed by atoms with Gasteiger partial charge in [0.1, 0.15) is 77.4 Å². The lowest BCUT2D eigenvalue weighted by Crippen LogP contribution is -2.65. The Morgan fingerprint density at radius 3 is 1.91 bits per heavy atom. The highest BCUT2D eigenvalue weighted by molar-refractivity contribution is 5.88. The number of ether oxygens (including phenoxy) is 6. The largest absolute Gasteiger partial charge is 0.508 e. The van der Waals surface area contributed by atoms with Crippen LogP contribution in [-0.2, 0) is 23.7 Å². The fraction of sp³-hybridized carbons (Fsp3) is 0.545. The zero-order chi connectivity index (χ0) is 38.6. The van der Waals surface area contributed by atoms with E-state index in [0.29, 0.717) is 0 Å². The molecule has 0 radical (unpaired) electrons. The highest BCUT2D eigenvalue weighted by atomic mass is 16.8. The molecule has 3 aromatic rings. The van der Waals surface area contributed by atoms with Gasteiger partial charge in [0, 0.05) is 17.7 Å². The quantitative estimate of drug-likeness (QED) is 0.103. The average Bonchev–Trinajstić information content (AvgIpc) is 3.11. The maximum atomic E-state index is 14.0. The van der Waals surface area contributed by atoms with E-state index >= 15 is 0 Å². The summed E-state index contributed by atoms with van der Waals surface area (Å²) >= 11 is 0. The summed E-state index contributed by atoms with van der Waals surface area (Å²) in [6, 6.07) is 5.09. The van der Waals surface area contributed by atoms with Gasteiger partial charge in [0.15, 0.2) is 35.9 Å². The number of benzene rings is 2. The highest BCUT2D eigenvalue weighted by Gasteiger charge is 2.52. The number of aliphatic hydroxyl groups excluding tert-OH is 8. The molecule has 7 unspecified atom stereocenters. The molecular weight excluding hydrogens is 716 g/mol. The van der Waals surface area contributed by atoms with Crippen molar-refractivity contribution in [3.05, 3.63) is 40.6 Å². The zero-order valence-electron chi connectivity index (χ0n) is 27.9. The maximum absolute atomic E-state index is 14.0. The van der Waals surface area contributed by atoms with Gasteiger partial charge in [-0.2, -0.15) is 0 Å². The summed E-state index contributed by atoms with van der Waals surface area (Å²) in [6.45, 7) is 2.05. The Morgan fingerprint density at radius 1 is 0.642 bits per heavy atom. The lowest BCUT2D eigenvalue weighted by molar-refractivity contribution is -0.360.